The normalized spacial score (nSPS) is 11.6. The number of thiazole rings is 1. The van der Waals surface area contributed by atoms with Gasteiger partial charge in [0.2, 0.25) is 0 Å². The fourth-order valence-corrected chi connectivity index (χ4v) is 4.34. The molecule has 29 heavy (non-hydrogen) atoms. The zero-order valence-corrected chi connectivity index (χ0v) is 18.0. The Bertz CT molecular complexity index is 1100. The SMILES string of the molecule is CCCn1c(=NC(=O)c2cccc(OC)c2OC)sc2c(OC)ccc(OC)c21. The third-order valence-electron chi connectivity index (χ3n) is 4.47. The van der Waals surface area contributed by atoms with Crippen LogP contribution in [0.3, 0.4) is 0 Å². The van der Waals surface area contributed by atoms with E-state index in [0.717, 1.165) is 16.6 Å². The Kier molecular flexibility index (Phi) is 6.43. The van der Waals surface area contributed by atoms with Gasteiger partial charge in [0.15, 0.2) is 16.3 Å². The summed E-state index contributed by atoms with van der Waals surface area (Å²) in [5.74, 6) is 1.86. The van der Waals surface area contributed by atoms with Gasteiger partial charge in [0.1, 0.15) is 21.7 Å². The molecule has 7 nitrogen and oxygen atoms in total. The van der Waals surface area contributed by atoms with Crippen LogP contribution in [0.2, 0.25) is 0 Å². The fourth-order valence-electron chi connectivity index (χ4n) is 3.17. The van der Waals surface area contributed by atoms with E-state index >= 15 is 0 Å². The predicted molar refractivity (Wildman–Crippen MR) is 113 cm³/mol. The molecule has 0 aliphatic heterocycles. The van der Waals surface area contributed by atoms with Crippen molar-refractivity contribution < 1.29 is 23.7 Å². The number of fused-ring (bicyclic) bond motifs is 1. The predicted octanol–water partition coefficient (Wildman–Crippen LogP) is 3.89. The zero-order chi connectivity index (χ0) is 21.0. The highest BCUT2D eigenvalue weighted by Crippen LogP contribution is 2.35. The van der Waals surface area contributed by atoms with Gasteiger partial charge >= 0.3 is 0 Å². The number of rotatable bonds is 7. The molecule has 0 aliphatic carbocycles. The molecule has 0 aliphatic rings. The van der Waals surface area contributed by atoms with Crippen LogP contribution in [-0.4, -0.2) is 38.9 Å². The molecule has 0 bridgehead atoms. The molecule has 0 spiro atoms. The Morgan fingerprint density at radius 2 is 1.66 bits per heavy atom. The van der Waals surface area contributed by atoms with Crippen molar-refractivity contribution in [3.8, 4) is 23.0 Å². The third kappa shape index (κ3) is 3.80. The van der Waals surface area contributed by atoms with Crippen LogP contribution in [-0.2, 0) is 6.54 Å². The minimum absolute atomic E-state index is 0.339. The van der Waals surface area contributed by atoms with Gasteiger partial charge in [0.05, 0.1) is 34.0 Å². The van der Waals surface area contributed by atoms with E-state index in [2.05, 4.69) is 11.9 Å². The molecule has 3 aromatic rings. The summed E-state index contributed by atoms with van der Waals surface area (Å²) >= 11 is 1.39. The van der Waals surface area contributed by atoms with Gasteiger partial charge in [0.25, 0.3) is 5.91 Å². The zero-order valence-electron chi connectivity index (χ0n) is 17.1. The molecule has 1 amide bonds. The summed E-state index contributed by atoms with van der Waals surface area (Å²) in [5, 5.41) is 0. The van der Waals surface area contributed by atoms with Crippen LogP contribution in [0.25, 0.3) is 10.2 Å². The van der Waals surface area contributed by atoms with Gasteiger partial charge in [-0.05, 0) is 30.7 Å². The van der Waals surface area contributed by atoms with Crippen molar-refractivity contribution in [2.45, 2.75) is 19.9 Å². The van der Waals surface area contributed by atoms with Gasteiger partial charge in [-0.25, -0.2) is 0 Å². The Morgan fingerprint density at radius 1 is 0.966 bits per heavy atom. The first-order valence-corrected chi connectivity index (χ1v) is 9.95. The lowest BCUT2D eigenvalue weighted by Gasteiger charge is -2.10. The van der Waals surface area contributed by atoms with E-state index in [-0.39, 0.29) is 0 Å². The van der Waals surface area contributed by atoms with Gasteiger partial charge < -0.3 is 23.5 Å². The van der Waals surface area contributed by atoms with Crippen LogP contribution in [0.1, 0.15) is 23.7 Å². The maximum absolute atomic E-state index is 13.0. The summed E-state index contributed by atoms with van der Waals surface area (Å²) in [6, 6.07) is 8.86. The lowest BCUT2D eigenvalue weighted by atomic mass is 10.2. The maximum Gasteiger partial charge on any atom is 0.283 e. The minimum Gasteiger partial charge on any atom is -0.495 e. The number of aryl methyl sites for hydroxylation is 1. The highest BCUT2D eigenvalue weighted by Gasteiger charge is 2.19. The van der Waals surface area contributed by atoms with Crippen LogP contribution in [0.4, 0.5) is 0 Å². The molecule has 8 heteroatoms. The average molecular weight is 416 g/mol. The molecule has 0 saturated heterocycles. The monoisotopic (exact) mass is 416 g/mol. The topological polar surface area (TPSA) is 71.3 Å². The summed E-state index contributed by atoms with van der Waals surface area (Å²) in [6.45, 7) is 2.75. The number of aromatic nitrogens is 1. The fraction of sp³-hybridized carbons (Fsp3) is 0.333. The average Bonchev–Trinajstić information content (AvgIpc) is 3.10. The Labute approximate surface area is 173 Å². The molecule has 0 unspecified atom stereocenters. The van der Waals surface area contributed by atoms with E-state index in [1.807, 2.05) is 16.7 Å². The van der Waals surface area contributed by atoms with Gasteiger partial charge in [-0.1, -0.05) is 24.3 Å². The standard InChI is InChI=1S/C21H24N2O5S/c1-6-12-23-17-14(25-2)10-11-16(27-4)19(17)29-21(23)22-20(24)13-8-7-9-15(26-3)18(13)28-5/h7-11H,6,12H2,1-5H3. The first kappa shape index (κ1) is 20.7. The van der Waals surface area contributed by atoms with E-state index < -0.39 is 5.91 Å². The van der Waals surface area contributed by atoms with Crippen molar-refractivity contribution >= 4 is 27.5 Å². The lowest BCUT2D eigenvalue weighted by Crippen LogP contribution is -2.17. The number of benzene rings is 2. The number of hydrogen-bond acceptors (Lipinski definition) is 6. The molecular formula is C21H24N2O5S. The number of ether oxygens (including phenoxy) is 4. The van der Waals surface area contributed by atoms with E-state index in [4.69, 9.17) is 18.9 Å². The summed E-state index contributed by atoms with van der Waals surface area (Å²) in [5.41, 5.74) is 1.20. The molecule has 2 aromatic carbocycles. The Morgan fingerprint density at radius 3 is 2.28 bits per heavy atom. The molecule has 1 aromatic heterocycles. The van der Waals surface area contributed by atoms with Crippen molar-refractivity contribution in [2.24, 2.45) is 4.99 Å². The quantitative estimate of drug-likeness (QED) is 0.584. The number of nitrogens with zero attached hydrogens (tertiary/aromatic N) is 2. The van der Waals surface area contributed by atoms with Crippen LogP contribution >= 0.6 is 11.3 Å². The van der Waals surface area contributed by atoms with E-state index in [1.165, 1.54) is 25.6 Å². The lowest BCUT2D eigenvalue weighted by molar-refractivity contribution is 0.0994. The molecule has 3 rings (SSSR count). The van der Waals surface area contributed by atoms with Crippen molar-refractivity contribution in [3.63, 3.8) is 0 Å². The summed E-state index contributed by atoms with van der Waals surface area (Å²) < 4.78 is 24.6. The number of carbonyl (C=O) groups is 1. The summed E-state index contributed by atoms with van der Waals surface area (Å²) in [4.78, 5) is 18.0. The molecule has 154 valence electrons. The molecular weight excluding hydrogens is 392 g/mol. The second-order valence-corrected chi connectivity index (χ2v) is 7.12. The molecule has 1 heterocycles. The highest BCUT2D eigenvalue weighted by molar-refractivity contribution is 7.16. The number of methoxy groups -OCH3 is 4. The molecule has 0 saturated carbocycles. The smallest absolute Gasteiger partial charge is 0.283 e. The second-order valence-electron chi connectivity index (χ2n) is 6.14. The van der Waals surface area contributed by atoms with Crippen LogP contribution in [0, 0.1) is 0 Å². The Balaban J connectivity index is 2.25. The van der Waals surface area contributed by atoms with Crippen LogP contribution in [0.15, 0.2) is 35.3 Å². The van der Waals surface area contributed by atoms with Crippen molar-refractivity contribution in [1.29, 1.82) is 0 Å². The van der Waals surface area contributed by atoms with Gasteiger partial charge in [0, 0.05) is 6.54 Å². The van der Waals surface area contributed by atoms with Crippen molar-refractivity contribution in [2.75, 3.05) is 28.4 Å². The number of para-hydroxylation sites is 1. The summed E-state index contributed by atoms with van der Waals surface area (Å²) in [7, 11) is 6.27. The molecule has 0 atom stereocenters. The first-order chi connectivity index (χ1) is 14.1. The maximum atomic E-state index is 13.0. The first-order valence-electron chi connectivity index (χ1n) is 9.13. The largest absolute Gasteiger partial charge is 0.495 e. The number of amides is 1. The minimum atomic E-state index is -0.407. The third-order valence-corrected chi connectivity index (χ3v) is 5.56. The van der Waals surface area contributed by atoms with Gasteiger partial charge in [-0.2, -0.15) is 4.99 Å². The molecule has 0 fully saturated rings. The number of carbonyl (C=O) groups excluding carboxylic acids is 1. The summed E-state index contributed by atoms with van der Waals surface area (Å²) in [6.07, 6.45) is 0.871. The number of hydrogen-bond donors (Lipinski definition) is 0. The van der Waals surface area contributed by atoms with Gasteiger partial charge in [-0.3, -0.25) is 4.79 Å². The van der Waals surface area contributed by atoms with Gasteiger partial charge in [-0.15, -0.1) is 0 Å². The van der Waals surface area contributed by atoms with Crippen LogP contribution < -0.4 is 23.7 Å². The highest BCUT2D eigenvalue weighted by atomic mass is 32.1. The van der Waals surface area contributed by atoms with Crippen molar-refractivity contribution in [1.82, 2.24) is 4.57 Å². The van der Waals surface area contributed by atoms with Crippen LogP contribution in [0.5, 0.6) is 23.0 Å². The van der Waals surface area contributed by atoms with E-state index in [0.29, 0.717) is 39.9 Å². The van der Waals surface area contributed by atoms with E-state index in [1.54, 1.807) is 32.4 Å². The van der Waals surface area contributed by atoms with E-state index in [9.17, 15) is 4.79 Å². The molecule has 0 N–H and O–H groups in total. The second kappa shape index (κ2) is 9.00. The Hall–Kier alpha value is -3.00. The van der Waals surface area contributed by atoms with Crippen molar-refractivity contribution in [3.05, 3.63) is 40.7 Å². The molecule has 0 radical (unpaired) electrons.